The Hall–Kier alpha value is -3.24. The van der Waals surface area contributed by atoms with Gasteiger partial charge in [0.1, 0.15) is 10.8 Å². The number of imidazole rings is 1. The molecule has 3 heterocycles. The summed E-state index contributed by atoms with van der Waals surface area (Å²) in [6, 6.07) is 7.72. The normalized spacial score (nSPS) is 11.4. The van der Waals surface area contributed by atoms with Gasteiger partial charge >= 0.3 is 11.7 Å². The molecule has 0 saturated carbocycles. The van der Waals surface area contributed by atoms with E-state index in [0.717, 1.165) is 20.0 Å². The molecular weight excluding hydrogens is 418 g/mol. The maximum absolute atomic E-state index is 13.3. The number of thiazole rings is 1. The van der Waals surface area contributed by atoms with Gasteiger partial charge in [-0.15, -0.1) is 11.3 Å². The molecule has 0 unspecified atom stereocenters. The summed E-state index contributed by atoms with van der Waals surface area (Å²) in [4.78, 5) is 36.0. The average molecular weight is 442 g/mol. The van der Waals surface area contributed by atoms with Gasteiger partial charge in [-0.1, -0.05) is 12.1 Å². The van der Waals surface area contributed by atoms with Crippen LogP contribution < -0.4 is 16.0 Å². The Bertz CT molecular complexity index is 1360. The molecule has 0 saturated heterocycles. The molecule has 10 heteroatoms. The summed E-state index contributed by atoms with van der Waals surface area (Å²) in [5.74, 6) is 0.581. The van der Waals surface area contributed by atoms with Crippen molar-refractivity contribution in [2.24, 2.45) is 7.05 Å². The molecule has 31 heavy (non-hydrogen) atoms. The van der Waals surface area contributed by atoms with Crippen LogP contribution in [0.25, 0.3) is 11.2 Å². The maximum atomic E-state index is 13.3. The Labute approximate surface area is 181 Å². The minimum absolute atomic E-state index is 0.118. The van der Waals surface area contributed by atoms with Crippen LogP contribution in [0, 0.1) is 13.8 Å². The van der Waals surface area contributed by atoms with Gasteiger partial charge in [0, 0.05) is 31.3 Å². The number of rotatable bonds is 7. The highest BCUT2D eigenvalue weighted by molar-refractivity contribution is 7.11. The molecule has 0 aliphatic carbocycles. The fourth-order valence-corrected chi connectivity index (χ4v) is 4.17. The van der Waals surface area contributed by atoms with Crippen molar-refractivity contribution in [3.63, 3.8) is 0 Å². The standard InChI is InChI=1S/C21H23N5O4S/c1-13-6-4-7-15(10-13)30-20-23-18-17(26(20)12-16-22-11-14(2)31-16)19(28)25(8-5-9-27)21(29)24(18)3/h4,6-7,10-11,27H,5,8-9,12H2,1-3H3. The Morgan fingerprint density at radius 2 is 2.00 bits per heavy atom. The molecule has 0 aliphatic rings. The monoisotopic (exact) mass is 441 g/mol. The molecule has 0 amide bonds. The van der Waals surface area contributed by atoms with Crippen molar-refractivity contribution in [3.05, 3.63) is 66.7 Å². The van der Waals surface area contributed by atoms with Crippen molar-refractivity contribution >= 4 is 22.5 Å². The number of aliphatic hydroxyl groups is 1. The van der Waals surface area contributed by atoms with E-state index < -0.39 is 11.2 Å². The minimum atomic E-state index is -0.484. The van der Waals surface area contributed by atoms with Gasteiger partial charge in [0.25, 0.3) is 5.56 Å². The van der Waals surface area contributed by atoms with Crippen molar-refractivity contribution in [2.45, 2.75) is 33.4 Å². The molecule has 4 rings (SSSR count). The second-order valence-corrected chi connectivity index (χ2v) is 8.63. The zero-order valence-corrected chi connectivity index (χ0v) is 18.3. The Balaban J connectivity index is 1.94. The second-order valence-electron chi connectivity index (χ2n) is 7.31. The van der Waals surface area contributed by atoms with E-state index in [1.807, 2.05) is 38.1 Å². The number of nitrogens with zero attached hydrogens (tertiary/aromatic N) is 5. The van der Waals surface area contributed by atoms with Crippen molar-refractivity contribution in [1.29, 1.82) is 0 Å². The minimum Gasteiger partial charge on any atom is -0.425 e. The molecule has 0 aliphatic heterocycles. The highest BCUT2D eigenvalue weighted by atomic mass is 32.1. The predicted molar refractivity (Wildman–Crippen MR) is 118 cm³/mol. The van der Waals surface area contributed by atoms with Crippen LogP contribution in [0.5, 0.6) is 11.8 Å². The molecule has 1 N–H and O–H groups in total. The van der Waals surface area contributed by atoms with E-state index in [0.29, 0.717) is 12.2 Å². The number of ether oxygens (including phenoxy) is 1. The SMILES string of the molecule is Cc1cccc(Oc2nc3c(c(=O)n(CCCO)c(=O)n3C)n2Cc2ncc(C)s2)c1. The Morgan fingerprint density at radius 3 is 2.68 bits per heavy atom. The number of aromatic nitrogens is 5. The largest absolute Gasteiger partial charge is 0.425 e. The zero-order chi connectivity index (χ0) is 22.1. The number of benzene rings is 1. The lowest BCUT2D eigenvalue weighted by Crippen LogP contribution is -2.39. The van der Waals surface area contributed by atoms with Gasteiger partial charge in [0.15, 0.2) is 11.2 Å². The number of aryl methyl sites for hydroxylation is 3. The predicted octanol–water partition coefficient (Wildman–Crippen LogP) is 2.19. The summed E-state index contributed by atoms with van der Waals surface area (Å²) in [6.07, 6.45) is 2.07. The summed E-state index contributed by atoms with van der Waals surface area (Å²) in [5, 5.41) is 9.96. The third-order valence-corrected chi connectivity index (χ3v) is 5.80. The molecule has 9 nitrogen and oxygen atoms in total. The third-order valence-electron chi connectivity index (χ3n) is 4.90. The van der Waals surface area contributed by atoms with Gasteiger partial charge in [-0.2, -0.15) is 4.98 Å². The number of aliphatic hydroxyl groups excluding tert-OH is 1. The van der Waals surface area contributed by atoms with Crippen LogP contribution in [0.4, 0.5) is 0 Å². The third kappa shape index (κ3) is 4.04. The van der Waals surface area contributed by atoms with E-state index in [-0.39, 0.29) is 36.9 Å². The number of hydrogen-bond acceptors (Lipinski definition) is 7. The fraction of sp³-hybridized carbons (Fsp3) is 0.333. The summed E-state index contributed by atoms with van der Waals surface area (Å²) >= 11 is 1.52. The number of hydrogen-bond donors (Lipinski definition) is 1. The smallest absolute Gasteiger partial charge is 0.332 e. The van der Waals surface area contributed by atoms with Crippen LogP contribution in [-0.4, -0.2) is 35.4 Å². The first-order valence-electron chi connectivity index (χ1n) is 9.85. The first-order chi connectivity index (χ1) is 14.9. The van der Waals surface area contributed by atoms with E-state index in [1.54, 1.807) is 17.8 Å². The zero-order valence-electron chi connectivity index (χ0n) is 17.5. The molecule has 3 aromatic heterocycles. The van der Waals surface area contributed by atoms with Crippen LogP contribution in [0.15, 0.2) is 40.1 Å². The Morgan fingerprint density at radius 1 is 1.19 bits per heavy atom. The molecule has 0 fully saturated rings. The van der Waals surface area contributed by atoms with Crippen molar-refractivity contribution in [1.82, 2.24) is 23.7 Å². The molecule has 0 bridgehead atoms. The number of fused-ring (bicyclic) bond motifs is 1. The van der Waals surface area contributed by atoms with E-state index in [2.05, 4.69) is 9.97 Å². The highest BCUT2D eigenvalue weighted by Gasteiger charge is 2.22. The lowest BCUT2D eigenvalue weighted by molar-refractivity contribution is 0.277. The lowest BCUT2D eigenvalue weighted by Gasteiger charge is -2.10. The van der Waals surface area contributed by atoms with Crippen molar-refractivity contribution in [3.8, 4) is 11.8 Å². The summed E-state index contributed by atoms with van der Waals surface area (Å²) in [6.45, 7) is 4.20. The molecule has 1 aromatic carbocycles. The molecule has 4 aromatic rings. The Kier molecular flexibility index (Phi) is 5.75. The van der Waals surface area contributed by atoms with E-state index in [4.69, 9.17) is 9.84 Å². The molecule has 0 spiro atoms. The second kappa shape index (κ2) is 8.48. The van der Waals surface area contributed by atoms with Gasteiger partial charge in [0.2, 0.25) is 0 Å². The van der Waals surface area contributed by atoms with Gasteiger partial charge < -0.3 is 9.84 Å². The van der Waals surface area contributed by atoms with Crippen LogP contribution in [-0.2, 0) is 20.1 Å². The average Bonchev–Trinajstić information content (AvgIpc) is 3.30. The van der Waals surface area contributed by atoms with E-state index >= 15 is 0 Å². The first kappa shape index (κ1) is 21.0. The molecule has 0 radical (unpaired) electrons. The summed E-state index contributed by atoms with van der Waals surface area (Å²) in [7, 11) is 1.57. The van der Waals surface area contributed by atoms with E-state index in [9.17, 15) is 9.59 Å². The van der Waals surface area contributed by atoms with Crippen molar-refractivity contribution in [2.75, 3.05) is 6.61 Å². The van der Waals surface area contributed by atoms with Crippen LogP contribution in [0.1, 0.15) is 21.9 Å². The van der Waals surface area contributed by atoms with Gasteiger partial charge in [0.05, 0.1) is 6.54 Å². The fourth-order valence-electron chi connectivity index (χ4n) is 3.40. The van der Waals surface area contributed by atoms with Crippen molar-refractivity contribution < 1.29 is 9.84 Å². The molecular formula is C21H23N5O4S. The van der Waals surface area contributed by atoms with E-state index in [1.165, 1.54) is 15.9 Å². The summed E-state index contributed by atoms with van der Waals surface area (Å²) < 4.78 is 10.2. The first-order valence-corrected chi connectivity index (χ1v) is 10.7. The van der Waals surface area contributed by atoms with Gasteiger partial charge in [-0.25, -0.2) is 9.78 Å². The van der Waals surface area contributed by atoms with Crippen LogP contribution >= 0.6 is 11.3 Å². The highest BCUT2D eigenvalue weighted by Crippen LogP contribution is 2.26. The summed E-state index contributed by atoms with van der Waals surface area (Å²) in [5.41, 5.74) is 0.574. The van der Waals surface area contributed by atoms with Gasteiger partial charge in [-0.05, 0) is 38.0 Å². The van der Waals surface area contributed by atoms with Gasteiger partial charge in [-0.3, -0.25) is 18.5 Å². The molecule has 0 atom stereocenters. The quantitative estimate of drug-likeness (QED) is 0.472. The molecule has 162 valence electrons. The topological polar surface area (TPSA) is 104 Å². The lowest BCUT2D eigenvalue weighted by atomic mass is 10.2. The van der Waals surface area contributed by atoms with Crippen LogP contribution in [0.3, 0.4) is 0 Å². The van der Waals surface area contributed by atoms with Crippen LogP contribution in [0.2, 0.25) is 0 Å². The maximum Gasteiger partial charge on any atom is 0.332 e.